The topological polar surface area (TPSA) is 39.2 Å². The molecule has 0 amide bonds. The summed E-state index contributed by atoms with van der Waals surface area (Å²) in [4.78, 5) is 15.2. The number of rotatable bonds is 5. The first-order chi connectivity index (χ1) is 6.77. The summed E-state index contributed by atoms with van der Waals surface area (Å²) in [7, 11) is 1.39. The fraction of sp³-hybridized carbons (Fsp3) is 0.556. The van der Waals surface area contributed by atoms with Crippen LogP contribution in [0.25, 0.3) is 0 Å². The van der Waals surface area contributed by atoms with Gasteiger partial charge in [-0.1, -0.05) is 0 Å². The van der Waals surface area contributed by atoms with Crippen LogP contribution in [0.1, 0.15) is 29.6 Å². The molecular weight excluding hydrogens is 305 g/mol. The van der Waals surface area contributed by atoms with Gasteiger partial charge in [-0.3, -0.25) is 0 Å². The van der Waals surface area contributed by atoms with Gasteiger partial charge in [-0.2, -0.15) is 0 Å². The van der Waals surface area contributed by atoms with Crippen LogP contribution in [0.15, 0.2) is 6.20 Å². The zero-order chi connectivity index (χ0) is 10.4. The third-order valence-corrected chi connectivity index (χ3v) is 7.41. The Bertz CT molecular complexity index is 301. The van der Waals surface area contributed by atoms with E-state index >= 15 is 0 Å². The van der Waals surface area contributed by atoms with Gasteiger partial charge in [-0.25, -0.2) is 0 Å². The molecule has 0 fully saturated rings. The predicted molar refractivity (Wildman–Crippen MR) is 58.6 cm³/mol. The van der Waals surface area contributed by atoms with E-state index in [4.69, 9.17) is 0 Å². The van der Waals surface area contributed by atoms with E-state index in [9.17, 15) is 4.79 Å². The number of methoxy groups -OCH3 is 1. The number of hydrogen-bond donors (Lipinski definition) is 0. The van der Waals surface area contributed by atoms with E-state index < -0.39 is 21.1 Å². The van der Waals surface area contributed by atoms with Gasteiger partial charge < -0.3 is 0 Å². The van der Waals surface area contributed by atoms with E-state index in [1.54, 1.807) is 0 Å². The van der Waals surface area contributed by atoms with E-state index in [-0.39, 0.29) is 5.97 Å². The first-order valence-electron chi connectivity index (χ1n) is 4.56. The Morgan fingerprint density at radius 1 is 1.71 bits per heavy atom. The van der Waals surface area contributed by atoms with Crippen molar-refractivity contribution >= 4 is 41.3 Å². The molecule has 1 aromatic rings. The van der Waals surface area contributed by atoms with Crippen molar-refractivity contribution in [3.63, 3.8) is 0 Å². The van der Waals surface area contributed by atoms with Gasteiger partial charge in [-0.15, -0.1) is 0 Å². The van der Waals surface area contributed by atoms with Gasteiger partial charge in [0.2, 0.25) is 0 Å². The maximum absolute atomic E-state index is 11.1. The van der Waals surface area contributed by atoms with Crippen molar-refractivity contribution in [3.05, 3.63) is 11.2 Å². The number of hydrogen-bond acceptors (Lipinski definition) is 4. The molecule has 14 heavy (non-hydrogen) atoms. The van der Waals surface area contributed by atoms with Crippen LogP contribution in [0.3, 0.4) is 0 Å². The molecule has 1 heterocycles. The minimum atomic E-state index is -0.464. The maximum atomic E-state index is 11.1. The summed E-state index contributed by atoms with van der Waals surface area (Å²) in [6.45, 7) is 2.20. The van der Waals surface area contributed by atoms with Gasteiger partial charge in [-0.05, 0) is 0 Å². The van der Waals surface area contributed by atoms with Gasteiger partial charge in [0.15, 0.2) is 0 Å². The summed E-state index contributed by atoms with van der Waals surface area (Å²) >= 11 is 1.04. The van der Waals surface area contributed by atoms with E-state index in [1.807, 2.05) is 6.20 Å². The standard InChI is InChI=1S/C5H4NO2S.C4H9.Sn/c1-8-5(7)4-6-2-3-9-4;1-3-4-2;/h2H,1H3;1,3-4H2,2H3;. The second kappa shape index (κ2) is 6.39. The number of unbranched alkanes of at least 4 members (excludes halogenated alkanes) is 1. The Morgan fingerprint density at radius 3 is 3.14 bits per heavy atom. The number of carbonyl (C=O) groups excluding carboxylic acids is 1. The SMILES string of the molecule is CCC[CH2][Sn][c]1cnc(C(=O)OC)s1. The molecule has 76 valence electrons. The van der Waals surface area contributed by atoms with Gasteiger partial charge in [0.05, 0.1) is 0 Å². The molecule has 1 aromatic heterocycles. The third-order valence-electron chi connectivity index (χ3n) is 1.70. The van der Waals surface area contributed by atoms with Crippen LogP contribution in [-0.4, -0.2) is 39.2 Å². The van der Waals surface area contributed by atoms with Crippen molar-refractivity contribution in [2.45, 2.75) is 24.2 Å². The first-order valence-corrected chi connectivity index (χ1v) is 8.82. The van der Waals surface area contributed by atoms with Crippen molar-refractivity contribution in [2.24, 2.45) is 0 Å². The fourth-order valence-electron chi connectivity index (χ4n) is 0.926. The molecule has 2 radical (unpaired) electrons. The van der Waals surface area contributed by atoms with Crippen LogP contribution in [0.4, 0.5) is 0 Å². The molecule has 5 heteroatoms. The second-order valence-corrected chi connectivity index (χ2v) is 8.84. The Labute approximate surface area is 98.1 Å². The molecule has 0 aliphatic carbocycles. The number of ether oxygens (including phenoxy) is 1. The number of aromatic nitrogens is 1. The normalized spacial score (nSPS) is 10.1. The van der Waals surface area contributed by atoms with Crippen LogP contribution in [0.2, 0.25) is 4.44 Å². The third kappa shape index (κ3) is 3.57. The summed E-state index contributed by atoms with van der Waals surface area (Å²) in [5.74, 6) is -0.309. The molecular formula is C9H13NO2SSn. The Kier molecular flexibility index (Phi) is 5.47. The summed E-state index contributed by atoms with van der Waals surface area (Å²) < 4.78 is 7.27. The molecule has 0 atom stereocenters. The van der Waals surface area contributed by atoms with Crippen molar-refractivity contribution < 1.29 is 9.53 Å². The zero-order valence-corrected chi connectivity index (χ0v) is 12.0. The molecule has 0 saturated heterocycles. The molecule has 0 aliphatic rings. The van der Waals surface area contributed by atoms with E-state index in [0.29, 0.717) is 5.01 Å². The number of esters is 1. The summed E-state index contributed by atoms with van der Waals surface area (Å²) in [5.41, 5.74) is 0. The molecule has 1 rings (SSSR count). The summed E-state index contributed by atoms with van der Waals surface area (Å²) in [6, 6.07) is 0. The van der Waals surface area contributed by atoms with Crippen molar-refractivity contribution in [2.75, 3.05) is 7.11 Å². The summed E-state index contributed by atoms with van der Waals surface area (Å²) in [5, 5.41) is 0.500. The number of carbonyl (C=O) groups is 1. The van der Waals surface area contributed by atoms with Crippen LogP contribution in [0.5, 0.6) is 0 Å². The van der Waals surface area contributed by atoms with Gasteiger partial charge >= 0.3 is 98.4 Å². The van der Waals surface area contributed by atoms with Gasteiger partial charge in [0.25, 0.3) is 0 Å². The molecule has 0 aromatic carbocycles. The monoisotopic (exact) mass is 319 g/mol. The van der Waals surface area contributed by atoms with Crippen LogP contribution >= 0.6 is 11.3 Å². The van der Waals surface area contributed by atoms with E-state index in [1.165, 1.54) is 38.6 Å². The molecule has 0 unspecified atom stereocenters. The number of thiazole rings is 1. The Balaban J connectivity index is 2.46. The van der Waals surface area contributed by atoms with Crippen molar-refractivity contribution in [1.29, 1.82) is 0 Å². The minimum absolute atomic E-state index is 0.309. The molecule has 0 saturated carbocycles. The molecule has 0 aliphatic heterocycles. The van der Waals surface area contributed by atoms with Crippen LogP contribution in [-0.2, 0) is 4.74 Å². The second-order valence-electron chi connectivity index (χ2n) is 2.80. The predicted octanol–water partition coefficient (Wildman–Crippen LogP) is 1.48. The van der Waals surface area contributed by atoms with Gasteiger partial charge in [0, 0.05) is 0 Å². The Hall–Kier alpha value is -0.101. The van der Waals surface area contributed by atoms with Gasteiger partial charge in [0.1, 0.15) is 0 Å². The van der Waals surface area contributed by atoms with Crippen LogP contribution in [0, 0.1) is 0 Å². The average molecular weight is 318 g/mol. The molecule has 0 N–H and O–H groups in total. The zero-order valence-electron chi connectivity index (χ0n) is 8.37. The molecule has 3 nitrogen and oxygen atoms in total. The Morgan fingerprint density at radius 2 is 2.50 bits per heavy atom. The van der Waals surface area contributed by atoms with Crippen LogP contribution < -0.4 is 2.89 Å². The molecule has 0 bridgehead atoms. The van der Waals surface area contributed by atoms with Crippen molar-refractivity contribution in [3.8, 4) is 0 Å². The summed E-state index contributed by atoms with van der Waals surface area (Å²) in [6.07, 6.45) is 4.40. The number of nitrogens with zero attached hydrogens (tertiary/aromatic N) is 1. The quantitative estimate of drug-likeness (QED) is 0.469. The van der Waals surface area contributed by atoms with Crippen molar-refractivity contribution in [1.82, 2.24) is 4.98 Å². The van der Waals surface area contributed by atoms with E-state index in [2.05, 4.69) is 16.6 Å². The average Bonchev–Trinajstić information content (AvgIpc) is 2.66. The van der Waals surface area contributed by atoms with E-state index in [0.717, 1.165) is 0 Å². The first kappa shape index (κ1) is 12.0. The fourth-order valence-corrected chi connectivity index (χ4v) is 6.38. The molecule has 0 spiro atoms.